The molecular weight excluding hydrogens is 216 g/mol. The number of pyridine rings is 1. The zero-order chi connectivity index (χ0) is 12.5. The monoisotopic (exact) mass is 232 g/mol. The molecule has 1 atom stereocenters. The van der Waals surface area contributed by atoms with E-state index in [1.807, 2.05) is 26.8 Å². The lowest BCUT2D eigenvalue weighted by Gasteiger charge is -2.16. The van der Waals surface area contributed by atoms with E-state index in [0.717, 1.165) is 17.5 Å². The van der Waals surface area contributed by atoms with Gasteiger partial charge in [0.05, 0.1) is 5.54 Å². The van der Waals surface area contributed by atoms with Gasteiger partial charge in [0.15, 0.2) is 0 Å². The summed E-state index contributed by atoms with van der Waals surface area (Å²) >= 11 is 0. The molecule has 0 saturated heterocycles. The number of hydrogen-bond donors (Lipinski definition) is 1. The van der Waals surface area contributed by atoms with Crippen LogP contribution in [0.15, 0.2) is 23.0 Å². The summed E-state index contributed by atoms with van der Waals surface area (Å²) in [6.07, 6.45) is 4.22. The van der Waals surface area contributed by atoms with Gasteiger partial charge in [0.2, 0.25) is 11.7 Å². The third-order valence-corrected chi connectivity index (χ3v) is 2.91. The maximum absolute atomic E-state index is 6.06. The average Bonchev–Trinajstić information content (AvgIpc) is 2.79. The van der Waals surface area contributed by atoms with Crippen molar-refractivity contribution in [3.8, 4) is 11.4 Å². The molecule has 0 aliphatic heterocycles. The number of aryl methyl sites for hydroxylation is 1. The molecule has 0 fully saturated rings. The van der Waals surface area contributed by atoms with Crippen molar-refractivity contribution in [2.24, 2.45) is 5.73 Å². The van der Waals surface area contributed by atoms with Gasteiger partial charge in [0.25, 0.3) is 0 Å². The third kappa shape index (κ3) is 2.19. The van der Waals surface area contributed by atoms with Crippen molar-refractivity contribution in [1.82, 2.24) is 15.1 Å². The summed E-state index contributed by atoms with van der Waals surface area (Å²) < 4.78 is 5.22. The lowest BCUT2D eigenvalue weighted by Crippen LogP contribution is -2.32. The molecule has 0 radical (unpaired) electrons. The van der Waals surface area contributed by atoms with E-state index in [-0.39, 0.29) is 0 Å². The summed E-state index contributed by atoms with van der Waals surface area (Å²) in [6, 6.07) is 1.86. The van der Waals surface area contributed by atoms with E-state index in [1.165, 1.54) is 0 Å². The Morgan fingerprint density at radius 3 is 2.88 bits per heavy atom. The Morgan fingerprint density at radius 1 is 1.47 bits per heavy atom. The van der Waals surface area contributed by atoms with Gasteiger partial charge in [-0.3, -0.25) is 4.98 Å². The van der Waals surface area contributed by atoms with Crippen LogP contribution in [0.5, 0.6) is 0 Å². The lowest BCUT2D eigenvalue weighted by molar-refractivity contribution is 0.291. The average molecular weight is 232 g/mol. The van der Waals surface area contributed by atoms with Gasteiger partial charge in [-0.05, 0) is 31.9 Å². The number of nitrogens with two attached hydrogens (primary N) is 1. The van der Waals surface area contributed by atoms with Crippen molar-refractivity contribution >= 4 is 0 Å². The molecule has 0 saturated carbocycles. The van der Waals surface area contributed by atoms with Crippen molar-refractivity contribution in [1.29, 1.82) is 0 Å². The Hall–Kier alpha value is -1.75. The fraction of sp³-hybridized carbons (Fsp3) is 0.417. The molecule has 0 spiro atoms. The smallest absolute Gasteiger partial charge is 0.246 e. The molecule has 0 bridgehead atoms. The summed E-state index contributed by atoms with van der Waals surface area (Å²) in [4.78, 5) is 8.38. The predicted octanol–water partition coefficient (Wildman–Crippen LogP) is 2.02. The van der Waals surface area contributed by atoms with E-state index < -0.39 is 5.54 Å². The Labute approximate surface area is 100 Å². The Kier molecular flexibility index (Phi) is 2.93. The van der Waals surface area contributed by atoms with Gasteiger partial charge in [-0.25, -0.2) is 0 Å². The molecule has 5 nitrogen and oxygen atoms in total. The van der Waals surface area contributed by atoms with Gasteiger partial charge in [-0.2, -0.15) is 4.98 Å². The highest BCUT2D eigenvalue weighted by Gasteiger charge is 2.26. The van der Waals surface area contributed by atoms with Crippen LogP contribution in [0.1, 0.15) is 31.7 Å². The van der Waals surface area contributed by atoms with Gasteiger partial charge in [-0.1, -0.05) is 12.1 Å². The summed E-state index contributed by atoms with van der Waals surface area (Å²) in [5, 5.41) is 3.97. The van der Waals surface area contributed by atoms with Crippen molar-refractivity contribution in [2.45, 2.75) is 32.7 Å². The molecule has 90 valence electrons. The van der Waals surface area contributed by atoms with Gasteiger partial charge >= 0.3 is 0 Å². The van der Waals surface area contributed by atoms with E-state index in [4.69, 9.17) is 10.3 Å². The topological polar surface area (TPSA) is 77.8 Å². The minimum Gasteiger partial charge on any atom is -0.337 e. The summed E-state index contributed by atoms with van der Waals surface area (Å²) in [5.74, 6) is 1.02. The maximum Gasteiger partial charge on any atom is 0.246 e. The molecule has 2 N–H and O–H groups in total. The standard InChI is InChI=1S/C12H16N4O/c1-4-12(3,13)11-15-10(16-17-11)9-5-6-14-7-8(9)2/h5-7H,4,13H2,1-3H3. The first-order chi connectivity index (χ1) is 8.04. The number of hydrogen-bond acceptors (Lipinski definition) is 5. The van der Waals surface area contributed by atoms with Crippen LogP contribution in [0.25, 0.3) is 11.4 Å². The molecule has 0 aliphatic rings. The van der Waals surface area contributed by atoms with Gasteiger partial charge < -0.3 is 10.3 Å². The first kappa shape index (κ1) is 11.7. The van der Waals surface area contributed by atoms with Crippen LogP contribution in [0, 0.1) is 6.92 Å². The summed E-state index contributed by atoms with van der Waals surface area (Å²) in [6.45, 7) is 5.82. The molecule has 2 rings (SSSR count). The van der Waals surface area contributed by atoms with Crippen molar-refractivity contribution < 1.29 is 4.52 Å². The number of rotatable bonds is 3. The van der Waals surface area contributed by atoms with E-state index in [2.05, 4.69) is 15.1 Å². The minimum atomic E-state index is -0.577. The van der Waals surface area contributed by atoms with E-state index in [9.17, 15) is 0 Å². The minimum absolute atomic E-state index is 0.464. The molecule has 5 heteroatoms. The number of nitrogens with zero attached hydrogens (tertiary/aromatic N) is 3. The van der Waals surface area contributed by atoms with Gasteiger partial charge in [0, 0.05) is 18.0 Å². The predicted molar refractivity (Wildman–Crippen MR) is 64.1 cm³/mol. The van der Waals surface area contributed by atoms with Crippen LogP contribution in [0.2, 0.25) is 0 Å². The molecule has 2 aromatic heterocycles. The molecule has 0 aromatic carbocycles. The van der Waals surface area contributed by atoms with E-state index in [0.29, 0.717) is 11.7 Å². The molecular formula is C12H16N4O. The van der Waals surface area contributed by atoms with Gasteiger partial charge in [0.1, 0.15) is 0 Å². The second kappa shape index (κ2) is 4.25. The highest BCUT2D eigenvalue weighted by atomic mass is 16.5. The molecule has 2 aromatic rings. The highest BCUT2D eigenvalue weighted by molar-refractivity contribution is 5.58. The second-order valence-electron chi connectivity index (χ2n) is 4.38. The highest BCUT2D eigenvalue weighted by Crippen LogP contribution is 2.24. The summed E-state index contributed by atoms with van der Waals surface area (Å²) in [7, 11) is 0. The second-order valence-corrected chi connectivity index (χ2v) is 4.38. The normalized spacial score (nSPS) is 14.6. The van der Waals surface area contributed by atoms with Crippen LogP contribution < -0.4 is 5.73 Å². The van der Waals surface area contributed by atoms with Crippen LogP contribution in [-0.4, -0.2) is 15.1 Å². The van der Waals surface area contributed by atoms with Crippen molar-refractivity contribution in [3.05, 3.63) is 29.9 Å². The molecule has 0 amide bonds. The molecule has 17 heavy (non-hydrogen) atoms. The molecule has 1 unspecified atom stereocenters. The zero-order valence-electron chi connectivity index (χ0n) is 10.3. The largest absolute Gasteiger partial charge is 0.337 e. The van der Waals surface area contributed by atoms with Crippen molar-refractivity contribution in [2.75, 3.05) is 0 Å². The number of aromatic nitrogens is 3. The van der Waals surface area contributed by atoms with Gasteiger partial charge in [-0.15, -0.1) is 0 Å². The van der Waals surface area contributed by atoms with E-state index >= 15 is 0 Å². The quantitative estimate of drug-likeness (QED) is 0.876. The Balaban J connectivity index is 2.40. The van der Waals surface area contributed by atoms with E-state index in [1.54, 1.807) is 12.4 Å². The first-order valence-corrected chi connectivity index (χ1v) is 5.58. The molecule has 2 heterocycles. The fourth-order valence-electron chi connectivity index (χ4n) is 1.44. The SMILES string of the molecule is CCC(C)(N)c1nc(-c2ccncc2C)no1. The van der Waals surface area contributed by atoms with Crippen LogP contribution in [-0.2, 0) is 5.54 Å². The maximum atomic E-state index is 6.06. The van der Waals surface area contributed by atoms with Crippen LogP contribution >= 0.6 is 0 Å². The third-order valence-electron chi connectivity index (χ3n) is 2.91. The molecule has 0 aliphatic carbocycles. The summed E-state index contributed by atoms with van der Waals surface area (Å²) in [5.41, 5.74) is 7.41. The van der Waals surface area contributed by atoms with Crippen LogP contribution in [0.3, 0.4) is 0 Å². The lowest BCUT2D eigenvalue weighted by atomic mass is 10.0. The van der Waals surface area contributed by atoms with Crippen molar-refractivity contribution in [3.63, 3.8) is 0 Å². The fourth-order valence-corrected chi connectivity index (χ4v) is 1.44. The van der Waals surface area contributed by atoms with Crippen LogP contribution in [0.4, 0.5) is 0 Å². The Morgan fingerprint density at radius 2 is 2.24 bits per heavy atom. The first-order valence-electron chi connectivity index (χ1n) is 5.58. The Bertz CT molecular complexity index is 519. The zero-order valence-corrected chi connectivity index (χ0v) is 10.3.